The van der Waals surface area contributed by atoms with Gasteiger partial charge in [-0.3, -0.25) is 4.79 Å². The minimum absolute atomic E-state index is 0.0676. The summed E-state index contributed by atoms with van der Waals surface area (Å²) in [5.41, 5.74) is 6.89. The van der Waals surface area contributed by atoms with E-state index in [1.807, 2.05) is 6.92 Å². The second kappa shape index (κ2) is 7.20. The van der Waals surface area contributed by atoms with E-state index < -0.39 is 0 Å². The number of hydrogen-bond acceptors (Lipinski definition) is 4. The van der Waals surface area contributed by atoms with Crippen molar-refractivity contribution in [3.8, 4) is 0 Å². The van der Waals surface area contributed by atoms with Gasteiger partial charge in [-0.25, -0.2) is 0 Å². The predicted molar refractivity (Wildman–Crippen MR) is 85.4 cm³/mol. The number of amides is 1. The van der Waals surface area contributed by atoms with Gasteiger partial charge in [0.1, 0.15) is 0 Å². The van der Waals surface area contributed by atoms with Gasteiger partial charge in [-0.15, -0.1) is 11.8 Å². The van der Waals surface area contributed by atoms with Gasteiger partial charge >= 0.3 is 0 Å². The minimum Gasteiger partial charge on any atom is -0.397 e. The first-order chi connectivity index (χ1) is 9.56. The van der Waals surface area contributed by atoms with E-state index in [0.29, 0.717) is 16.4 Å². The molecule has 1 aromatic rings. The van der Waals surface area contributed by atoms with E-state index in [1.54, 1.807) is 30.0 Å². The molecule has 1 aromatic carbocycles. The number of thioether (sulfide) groups is 1. The van der Waals surface area contributed by atoms with Crippen molar-refractivity contribution in [3.63, 3.8) is 0 Å². The highest BCUT2D eigenvalue weighted by molar-refractivity contribution is 8.00. The summed E-state index contributed by atoms with van der Waals surface area (Å²) >= 11 is 7.50. The molecule has 0 aromatic heterocycles. The Labute approximate surface area is 128 Å². The van der Waals surface area contributed by atoms with E-state index in [2.05, 4.69) is 5.32 Å². The number of benzene rings is 1. The number of hydrogen-bond donors (Lipinski definition) is 2. The summed E-state index contributed by atoms with van der Waals surface area (Å²) in [5, 5.41) is 3.21. The molecule has 6 heteroatoms. The molecular weight excluding hydrogens is 296 g/mol. The van der Waals surface area contributed by atoms with Crippen LogP contribution < -0.4 is 11.1 Å². The molecule has 1 aliphatic heterocycles. The quantitative estimate of drug-likeness (QED) is 0.819. The van der Waals surface area contributed by atoms with Crippen LogP contribution in [0.3, 0.4) is 0 Å². The molecular formula is C14H19ClN2O2S. The van der Waals surface area contributed by atoms with Crippen LogP contribution in [0.1, 0.15) is 19.8 Å². The molecule has 0 aliphatic carbocycles. The van der Waals surface area contributed by atoms with E-state index in [4.69, 9.17) is 22.1 Å². The third kappa shape index (κ3) is 4.30. The van der Waals surface area contributed by atoms with Gasteiger partial charge in [0.05, 0.1) is 22.7 Å². The van der Waals surface area contributed by atoms with Crippen LogP contribution in [-0.2, 0) is 9.53 Å². The molecule has 110 valence electrons. The van der Waals surface area contributed by atoms with E-state index in [0.717, 1.165) is 25.2 Å². The van der Waals surface area contributed by atoms with Gasteiger partial charge in [0.15, 0.2) is 0 Å². The SMILES string of the molecule is CC(SCC1CCCO1)C(=O)Nc1cc(Cl)ccc1N. The summed E-state index contributed by atoms with van der Waals surface area (Å²) in [6.45, 7) is 2.72. The maximum Gasteiger partial charge on any atom is 0.237 e. The third-order valence-electron chi connectivity index (χ3n) is 3.20. The van der Waals surface area contributed by atoms with Gasteiger partial charge < -0.3 is 15.8 Å². The zero-order valence-electron chi connectivity index (χ0n) is 11.4. The van der Waals surface area contributed by atoms with Crippen molar-refractivity contribution in [2.75, 3.05) is 23.4 Å². The molecule has 2 atom stereocenters. The summed E-state index contributed by atoms with van der Waals surface area (Å²) in [6, 6.07) is 5.04. The molecule has 1 fully saturated rings. The summed E-state index contributed by atoms with van der Waals surface area (Å²) in [5.74, 6) is 0.779. The fraction of sp³-hybridized carbons (Fsp3) is 0.500. The highest BCUT2D eigenvalue weighted by Crippen LogP contribution is 2.25. The fourth-order valence-corrected chi connectivity index (χ4v) is 3.12. The van der Waals surface area contributed by atoms with Crippen LogP contribution >= 0.6 is 23.4 Å². The van der Waals surface area contributed by atoms with Gasteiger partial charge in [0.25, 0.3) is 0 Å². The number of carbonyl (C=O) groups is 1. The van der Waals surface area contributed by atoms with Crippen molar-refractivity contribution in [3.05, 3.63) is 23.2 Å². The minimum atomic E-state index is -0.155. The van der Waals surface area contributed by atoms with Gasteiger partial charge in [0.2, 0.25) is 5.91 Å². The number of nitrogen functional groups attached to an aromatic ring is 1. The molecule has 1 saturated heterocycles. The van der Waals surface area contributed by atoms with Crippen LogP contribution in [0.4, 0.5) is 11.4 Å². The summed E-state index contributed by atoms with van der Waals surface area (Å²) in [7, 11) is 0. The first kappa shape index (κ1) is 15.5. The first-order valence-electron chi connectivity index (χ1n) is 6.65. The Morgan fingerprint density at radius 1 is 1.65 bits per heavy atom. The average molecular weight is 315 g/mol. The van der Waals surface area contributed by atoms with Crippen LogP contribution in [0.25, 0.3) is 0 Å². The Kier molecular flexibility index (Phi) is 5.57. The van der Waals surface area contributed by atoms with E-state index in [-0.39, 0.29) is 17.3 Å². The molecule has 1 aliphatic rings. The number of ether oxygens (including phenoxy) is 1. The highest BCUT2D eigenvalue weighted by Gasteiger charge is 2.20. The molecule has 2 unspecified atom stereocenters. The van der Waals surface area contributed by atoms with Crippen LogP contribution in [0.15, 0.2) is 18.2 Å². The zero-order chi connectivity index (χ0) is 14.5. The van der Waals surface area contributed by atoms with Crippen LogP contribution in [0.5, 0.6) is 0 Å². The van der Waals surface area contributed by atoms with Crippen LogP contribution in [0.2, 0.25) is 5.02 Å². The molecule has 0 spiro atoms. The lowest BCUT2D eigenvalue weighted by Gasteiger charge is -2.15. The van der Waals surface area contributed by atoms with Gasteiger partial charge in [0, 0.05) is 17.4 Å². The number of nitrogens with one attached hydrogen (secondary N) is 1. The number of rotatable bonds is 5. The lowest BCUT2D eigenvalue weighted by molar-refractivity contribution is -0.115. The molecule has 0 saturated carbocycles. The van der Waals surface area contributed by atoms with Crippen molar-refractivity contribution in [1.29, 1.82) is 0 Å². The van der Waals surface area contributed by atoms with Crippen LogP contribution in [-0.4, -0.2) is 29.6 Å². The monoisotopic (exact) mass is 314 g/mol. The van der Waals surface area contributed by atoms with E-state index >= 15 is 0 Å². The second-order valence-electron chi connectivity index (χ2n) is 4.83. The molecule has 20 heavy (non-hydrogen) atoms. The van der Waals surface area contributed by atoms with E-state index in [9.17, 15) is 4.79 Å². The predicted octanol–water partition coefficient (Wildman–Crippen LogP) is 3.16. The Morgan fingerprint density at radius 2 is 2.45 bits per heavy atom. The maximum atomic E-state index is 12.1. The van der Waals surface area contributed by atoms with E-state index in [1.165, 1.54) is 0 Å². The standard InChI is InChI=1S/C14H19ClN2O2S/c1-9(20-8-11-3-2-6-19-11)14(18)17-13-7-10(15)4-5-12(13)16/h4-5,7,9,11H,2-3,6,8,16H2,1H3,(H,17,18). The first-order valence-corrected chi connectivity index (χ1v) is 8.08. The van der Waals surface area contributed by atoms with Crippen molar-refractivity contribution in [2.24, 2.45) is 0 Å². The second-order valence-corrected chi connectivity index (χ2v) is 6.64. The summed E-state index contributed by atoms with van der Waals surface area (Å²) < 4.78 is 5.55. The smallest absolute Gasteiger partial charge is 0.237 e. The number of carbonyl (C=O) groups excluding carboxylic acids is 1. The highest BCUT2D eigenvalue weighted by atomic mass is 35.5. The van der Waals surface area contributed by atoms with Gasteiger partial charge in [-0.05, 0) is 38.0 Å². The molecule has 2 rings (SSSR count). The molecule has 3 N–H and O–H groups in total. The van der Waals surface area contributed by atoms with Crippen molar-refractivity contribution >= 4 is 40.6 Å². The third-order valence-corrected chi connectivity index (χ3v) is 4.71. The Morgan fingerprint density at radius 3 is 3.15 bits per heavy atom. The fourth-order valence-electron chi connectivity index (χ4n) is 1.97. The Hall–Kier alpha value is -0.910. The molecule has 0 bridgehead atoms. The normalized spacial score (nSPS) is 19.8. The molecule has 0 radical (unpaired) electrons. The molecule has 4 nitrogen and oxygen atoms in total. The van der Waals surface area contributed by atoms with Crippen molar-refractivity contribution < 1.29 is 9.53 Å². The summed E-state index contributed by atoms with van der Waals surface area (Å²) in [6.07, 6.45) is 2.49. The number of nitrogens with two attached hydrogens (primary N) is 1. The maximum absolute atomic E-state index is 12.1. The molecule has 1 heterocycles. The Balaban J connectivity index is 1.85. The lowest BCUT2D eigenvalue weighted by Crippen LogP contribution is -2.24. The molecule has 1 amide bonds. The van der Waals surface area contributed by atoms with Crippen LogP contribution in [0, 0.1) is 0 Å². The average Bonchev–Trinajstić information content (AvgIpc) is 2.93. The Bertz CT molecular complexity index is 478. The van der Waals surface area contributed by atoms with Crippen molar-refractivity contribution in [1.82, 2.24) is 0 Å². The van der Waals surface area contributed by atoms with Gasteiger partial charge in [-0.2, -0.15) is 0 Å². The zero-order valence-corrected chi connectivity index (χ0v) is 13.0. The number of halogens is 1. The largest absolute Gasteiger partial charge is 0.397 e. The van der Waals surface area contributed by atoms with Gasteiger partial charge in [-0.1, -0.05) is 11.6 Å². The summed E-state index contributed by atoms with van der Waals surface area (Å²) in [4.78, 5) is 12.1. The lowest BCUT2D eigenvalue weighted by atomic mass is 10.2. The topological polar surface area (TPSA) is 64.3 Å². The number of anilines is 2. The van der Waals surface area contributed by atoms with Crippen molar-refractivity contribution in [2.45, 2.75) is 31.1 Å².